The molecule has 0 spiro atoms. The third-order valence-corrected chi connectivity index (χ3v) is 2.72. The zero-order valence-electron chi connectivity index (χ0n) is 11.5. The minimum atomic E-state index is -0.420. The van der Waals surface area contributed by atoms with Gasteiger partial charge in [-0.15, -0.1) is 0 Å². The van der Waals surface area contributed by atoms with Gasteiger partial charge in [-0.2, -0.15) is 0 Å². The highest BCUT2D eigenvalue weighted by molar-refractivity contribution is 5.88. The molecule has 0 unspecified atom stereocenters. The predicted octanol–water partition coefficient (Wildman–Crippen LogP) is 2.67. The average Bonchev–Trinajstić information content (AvgIpc) is 2.53. The van der Waals surface area contributed by atoms with Gasteiger partial charge in [0, 0.05) is 12.4 Å². The van der Waals surface area contributed by atoms with Gasteiger partial charge >= 0.3 is 5.97 Å². The summed E-state index contributed by atoms with van der Waals surface area (Å²) in [6.07, 6.45) is 6.53. The number of pyridine rings is 1. The van der Waals surface area contributed by atoms with Crippen LogP contribution in [0.25, 0.3) is 6.08 Å². The van der Waals surface area contributed by atoms with Crippen molar-refractivity contribution in [2.24, 2.45) is 0 Å². The number of phenols is 1. The van der Waals surface area contributed by atoms with Gasteiger partial charge in [0.1, 0.15) is 6.61 Å². The number of ether oxygens (including phenoxy) is 2. The number of methoxy groups -OCH3 is 1. The summed E-state index contributed by atoms with van der Waals surface area (Å²) in [5, 5.41) is 9.48. The molecule has 0 aliphatic rings. The Morgan fingerprint density at radius 3 is 2.95 bits per heavy atom. The molecule has 0 atom stereocenters. The third-order valence-electron chi connectivity index (χ3n) is 2.72. The van der Waals surface area contributed by atoms with Crippen LogP contribution in [-0.4, -0.2) is 29.8 Å². The summed E-state index contributed by atoms with van der Waals surface area (Å²) in [7, 11) is 1.48. The largest absolute Gasteiger partial charge is 0.504 e. The van der Waals surface area contributed by atoms with E-state index in [-0.39, 0.29) is 12.4 Å². The molecule has 0 radical (unpaired) electrons. The molecule has 21 heavy (non-hydrogen) atoms. The van der Waals surface area contributed by atoms with E-state index < -0.39 is 5.97 Å². The molecule has 5 heteroatoms. The van der Waals surface area contributed by atoms with E-state index in [0.29, 0.717) is 11.3 Å². The lowest BCUT2D eigenvalue weighted by molar-refractivity contribution is 0.0549. The zero-order chi connectivity index (χ0) is 15.1. The van der Waals surface area contributed by atoms with Crippen molar-refractivity contribution in [1.29, 1.82) is 0 Å². The predicted molar refractivity (Wildman–Crippen MR) is 78.2 cm³/mol. The van der Waals surface area contributed by atoms with Crippen molar-refractivity contribution in [3.63, 3.8) is 0 Å². The molecule has 0 saturated heterocycles. The maximum absolute atomic E-state index is 11.7. The quantitative estimate of drug-likeness (QED) is 0.855. The zero-order valence-corrected chi connectivity index (χ0v) is 11.5. The van der Waals surface area contributed by atoms with Crippen LogP contribution < -0.4 is 4.74 Å². The molecular weight excluding hydrogens is 270 g/mol. The normalized spacial score (nSPS) is 10.5. The Labute approximate surface area is 122 Å². The standard InChI is InChI=1S/C16H15NO4/c1-20-15-10-12(6-7-14(15)18)4-3-9-21-16(19)13-5-2-8-17-11-13/h2-8,10-11,18H,9H2,1H3/b4-3+. The fourth-order valence-electron chi connectivity index (χ4n) is 1.67. The summed E-state index contributed by atoms with van der Waals surface area (Å²) in [6.45, 7) is 0.150. The number of aromatic nitrogens is 1. The molecule has 1 aromatic carbocycles. The Morgan fingerprint density at radius 1 is 1.38 bits per heavy atom. The van der Waals surface area contributed by atoms with Crippen molar-refractivity contribution >= 4 is 12.0 Å². The van der Waals surface area contributed by atoms with Gasteiger partial charge in [0.2, 0.25) is 0 Å². The molecule has 2 rings (SSSR count). The Bertz CT molecular complexity index is 638. The van der Waals surface area contributed by atoms with Crippen LogP contribution in [0.3, 0.4) is 0 Å². The van der Waals surface area contributed by atoms with E-state index in [1.165, 1.54) is 13.3 Å². The first-order chi connectivity index (χ1) is 10.2. The molecule has 1 heterocycles. The third kappa shape index (κ3) is 4.07. The number of hydrogen-bond donors (Lipinski definition) is 1. The number of hydrogen-bond acceptors (Lipinski definition) is 5. The van der Waals surface area contributed by atoms with Crippen molar-refractivity contribution in [3.8, 4) is 11.5 Å². The highest BCUT2D eigenvalue weighted by Gasteiger charge is 2.05. The number of phenolic OH excluding ortho intramolecular Hbond substituents is 1. The second-order valence-corrected chi connectivity index (χ2v) is 4.17. The Hall–Kier alpha value is -2.82. The number of carbonyl (C=O) groups excluding carboxylic acids is 1. The van der Waals surface area contributed by atoms with Gasteiger partial charge in [0.15, 0.2) is 11.5 Å². The van der Waals surface area contributed by atoms with Crippen molar-refractivity contribution in [3.05, 3.63) is 59.9 Å². The fourth-order valence-corrected chi connectivity index (χ4v) is 1.67. The molecule has 2 aromatic rings. The second kappa shape index (κ2) is 7.09. The molecule has 0 saturated carbocycles. The monoisotopic (exact) mass is 285 g/mol. The molecule has 1 aromatic heterocycles. The molecule has 5 nitrogen and oxygen atoms in total. The van der Waals surface area contributed by atoms with E-state index in [1.54, 1.807) is 48.7 Å². The number of esters is 1. The molecule has 0 aliphatic heterocycles. The lowest BCUT2D eigenvalue weighted by Crippen LogP contribution is -2.05. The van der Waals surface area contributed by atoms with E-state index in [4.69, 9.17) is 9.47 Å². The van der Waals surface area contributed by atoms with Crippen LogP contribution in [0.15, 0.2) is 48.8 Å². The second-order valence-electron chi connectivity index (χ2n) is 4.17. The number of benzene rings is 1. The van der Waals surface area contributed by atoms with E-state index in [9.17, 15) is 9.90 Å². The van der Waals surface area contributed by atoms with Crippen molar-refractivity contribution in [2.45, 2.75) is 0 Å². The Morgan fingerprint density at radius 2 is 2.24 bits per heavy atom. The van der Waals surface area contributed by atoms with Crippen LogP contribution in [0.5, 0.6) is 11.5 Å². The van der Waals surface area contributed by atoms with Gasteiger partial charge < -0.3 is 14.6 Å². The summed E-state index contributed by atoms with van der Waals surface area (Å²) < 4.78 is 10.1. The molecule has 0 bridgehead atoms. The minimum absolute atomic E-state index is 0.0812. The first kappa shape index (κ1) is 14.6. The van der Waals surface area contributed by atoms with E-state index >= 15 is 0 Å². The molecule has 108 valence electrons. The van der Waals surface area contributed by atoms with Crippen molar-refractivity contribution in [2.75, 3.05) is 13.7 Å². The van der Waals surface area contributed by atoms with Crippen LogP contribution in [-0.2, 0) is 4.74 Å². The smallest absolute Gasteiger partial charge is 0.340 e. The van der Waals surface area contributed by atoms with Gasteiger partial charge in [-0.05, 0) is 35.9 Å². The maximum atomic E-state index is 11.7. The summed E-state index contributed by atoms with van der Waals surface area (Å²) in [5.74, 6) is 0.0539. The van der Waals surface area contributed by atoms with Crippen LogP contribution in [0.4, 0.5) is 0 Å². The van der Waals surface area contributed by atoms with Crippen LogP contribution in [0.2, 0.25) is 0 Å². The highest BCUT2D eigenvalue weighted by Crippen LogP contribution is 2.26. The summed E-state index contributed by atoms with van der Waals surface area (Å²) in [5.41, 5.74) is 1.25. The van der Waals surface area contributed by atoms with Crippen LogP contribution >= 0.6 is 0 Å². The molecule has 1 N–H and O–H groups in total. The SMILES string of the molecule is COc1cc(/C=C/COC(=O)c2cccnc2)ccc1O. The summed E-state index contributed by atoms with van der Waals surface area (Å²) >= 11 is 0. The Kier molecular flexibility index (Phi) is 4.93. The average molecular weight is 285 g/mol. The maximum Gasteiger partial charge on any atom is 0.340 e. The van der Waals surface area contributed by atoms with E-state index in [1.807, 2.05) is 0 Å². The van der Waals surface area contributed by atoms with E-state index in [0.717, 1.165) is 5.56 Å². The van der Waals surface area contributed by atoms with Gasteiger partial charge in [0.05, 0.1) is 12.7 Å². The Balaban J connectivity index is 1.90. The number of nitrogens with zero attached hydrogens (tertiary/aromatic N) is 1. The van der Waals surface area contributed by atoms with Crippen molar-refractivity contribution < 1.29 is 19.4 Å². The first-order valence-corrected chi connectivity index (χ1v) is 6.31. The summed E-state index contributed by atoms with van der Waals surface area (Å²) in [6, 6.07) is 8.28. The number of carbonyl (C=O) groups is 1. The molecule has 0 fully saturated rings. The highest BCUT2D eigenvalue weighted by atomic mass is 16.5. The van der Waals surface area contributed by atoms with Crippen LogP contribution in [0.1, 0.15) is 15.9 Å². The number of aromatic hydroxyl groups is 1. The topological polar surface area (TPSA) is 68.7 Å². The molecule has 0 amide bonds. The lowest BCUT2D eigenvalue weighted by atomic mass is 10.2. The summed E-state index contributed by atoms with van der Waals surface area (Å²) in [4.78, 5) is 15.5. The van der Waals surface area contributed by atoms with Gasteiger partial charge in [0.25, 0.3) is 0 Å². The lowest BCUT2D eigenvalue weighted by Gasteiger charge is -2.04. The van der Waals surface area contributed by atoms with Gasteiger partial charge in [-0.1, -0.05) is 12.1 Å². The molecule has 0 aliphatic carbocycles. The number of rotatable bonds is 5. The molecular formula is C16H15NO4. The van der Waals surface area contributed by atoms with Crippen molar-refractivity contribution in [1.82, 2.24) is 4.98 Å². The fraction of sp³-hybridized carbons (Fsp3) is 0.125. The first-order valence-electron chi connectivity index (χ1n) is 6.31. The van der Waals surface area contributed by atoms with E-state index in [2.05, 4.69) is 4.98 Å². The van der Waals surface area contributed by atoms with Gasteiger partial charge in [-0.3, -0.25) is 4.98 Å². The minimum Gasteiger partial charge on any atom is -0.504 e. The van der Waals surface area contributed by atoms with Gasteiger partial charge in [-0.25, -0.2) is 4.79 Å². The van der Waals surface area contributed by atoms with Crippen LogP contribution in [0, 0.1) is 0 Å².